The molecule has 0 saturated carbocycles. The lowest BCUT2D eigenvalue weighted by Crippen LogP contribution is -2.34. The molecule has 0 aromatic heterocycles. The molecule has 1 heterocycles. The fourth-order valence-corrected chi connectivity index (χ4v) is 3.66. The molecular weight excluding hydrogens is 236 g/mol. The SMILES string of the molecule is COC(=O)C(C(=O)OC)C1CCS(=O)(=O)C1. The molecule has 1 unspecified atom stereocenters. The smallest absolute Gasteiger partial charge is 0.320 e. The molecule has 0 radical (unpaired) electrons. The molecule has 6 nitrogen and oxygen atoms in total. The summed E-state index contributed by atoms with van der Waals surface area (Å²) in [7, 11) is -0.831. The number of rotatable bonds is 3. The Bertz CT molecular complexity index is 369. The number of sulfone groups is 1. The van der Waals surface area contributed by atoms with E-state index in [1.165, 1.54) is 0 Å². The van der Waals surface area contributed by atoms with Crippen molar-refractivity contribution >= 4 is 21.8 Å². The van der Waals surface area contributed by atoms with Gasteiger partial charge in [0.2, 0.25) is 0 Å². The van der Waals surface area contributed by atoms with E-state index in [0.717, 1.165) is 14.2 Å². The van der Waals surface area contributed by atoms with Gasteiger partial charge in [-0.2, -0.15) is 0 Å². The van der Waals surface area contributed by atoms with Gasteiger partial charge in [-0.25, -0.2) is 8.42 Å². The Balaban J connectivity index is 2.87. The molecule has 0 spiro atoms. The van der Waals surface area contributed by atoms with E-state index in [9.17, 15) is 18.0 Å². The summed E-state index contributed by atoms with van der Waals surface area (Å²) in [5, 5.41) is 0. The lowest BCUT2D eigenvalue weighted by molar-refractivity contribution is -0.161. The Morgan fingerprint density at radius 1 is 1.19 bits per heavy atom. The van der Waals surface area contributed by atoms with Crippen LogP contribution >= 0.6 is 0 Å². The fourth-order valence-electron chi connectivity index (χ4n) is 1.82. The van der Waals surface area contributed by atoms with E-state index in [1.807, 2.05) is 0 Å². The van der Waals surface area contributed by atoms with E-state index in [1.54, 1.807) is 0 Å². The average molecular weight is 250 g/mol. The number of hydrogen-bond acceptors (Lipinski definition) is 6. The normalized spacial score (nSPS) is 23.1. The predicted octanol–water partition coefficient (Wildman–Crippen LogP) is -0.617. The highest BCUT2D eigenvalue weighted by atomic mass is 32.2. The van der Waals surface area contributed by atoms with Gasteiger partial charge < -0.3 is 9.47 Å². The summed E-state index contributed by atoms with van der Waals surface area (Å²) in [6, 6.07) is 0. The maximum Gasteiger partial charge on any atom is 0.320 e. The molecule has 1 atom stereocenters. The van der Waals surface area contributed by atoms with Crippen LogP contribution in [0.3, 0.4) is 0 Å². The van der Waals surface area contributed by atoms with Crippen LogP contribution in [0.25, 0.3) is 0 Å². The molecule has 1 aliphatic heterocycles. The number of carbonyl (C=O) groups excluding carboxylic acids is 2. The molecule has 92 valence electrons. The Morgan fingerprint density at radius 2 is 1.69 bits per heavy atom. The second-order valence-corrected chi connectivity index (χ2v) is 5.92. The summed E-state index contributed by atoms with van der Waals surface area (Å²) < 4.78 is 31.5. The Labute approximate surface area is 93.8 Å². The molecule has 0 bridgehead atoms. The number of methoxy groups -OCH3 is 2. The third kappa shape index (κ3) is 2.72. The highest BCUT2D eigenvalue weighted by Gasteiger charge is 2.42. The molecule has 16 heavy (non-hydrogen) atoms. The van der Waals surface area contributed by atoms with E-state index >= 15 is 0 Å². The summed E-state index contributed by atoms with van der Waals surface area (Å²) in [5.41, 5.74) is 0. The van der Waals surface area contributed by atoms with Crippen LogP contribution in [0, 0.1) is 11.8 Å². The van der Waals surface area contributed by atoms with Crippen LogP contribution in [-0.4, -0.2) is 46.1 Å². The highest BCUT2D eigenvalue weighted by molar-refractivity contribution is 7.91. The number of esters is 2. The van der Waals surface area contributed by atoms with Crippen molar-refractivity contribution < 1.29 is 27.5 Å². The topological polar surface area (TPSA) is 86.7 Å². The van der Waals surface area contributed by atoms with Gasteiger partial charge in [-0.3, -0.25) is 9.59 Å². The first-order chi connectivity index (χ1) is 7.41. The van der Waals surface area contributed by atoms with Crippen LogP contribution in [-0.2, 0) is 28.9 Å². The zero-order chi connectivity index (χ0) is 12.3. The first kappa shape index (κ1) is 13.0. The molecule has 1 aliphatic rings. The van der Waals surface area contributed by atoms with Crippen LogP contribution in [0.4, 0.5) is 0 Å². The van der Waals surface area contributed by atoms with Gasteiger partial charge in [-0.1, -0.05) is 0 Å². The summed E-state index contributed by atoms with van der Waals surface area (Å²) in [6.45, 7) is 0. The van der Waals surface area contributed by atoms with Gasteiger partial charge in [0.15, 0.2) is 15.8 Å². The fraction of sp³-hybridized carbons (Fsp3) is 0.778. The van der Waals surface area contributed by atoms with Crippen LogP contribution in [0.5, 0.6) is 0 Å². The molecule has 1 fully saturated rings. The number of ether oxygens (including phenoxy) is 2. The standard InChI is InChI=1S/C9H14O6S/c1-14-8(10)7(9(11)15-2)6-3-4-16(12,13)5-6/h6-7H,3-5H2,1-2H3. The third-order valence-electron chi connectivity index (χ3n) is 2.65. The Hall–Kier alpha value is -1.11. The summed E-state index contributed by atoms with van der Waals surface area (Å²) in [4.78, 5) is 22.8. The van der Waals surface area contributed by atoms with Crippen molar-refractivity contribution in [2.24, 2.45) is 11.8 Å². The second-order valence-electron chi connectivity index (χ2n) is 3.69. The van der Waals surface area contributed by atoms with Crippen molar-refractivity contribution in [3.63, 3.8) is 0 Å². The predicted molar refractivity (Wildman–Crippen MR) is 54.3 cm³/mol. The monoisotopic (exact) mass is 250 g/mol. The van der Waals surface area contributed by atoms with E-state index in [-0.39, 0.29) is 17.9 Å². The highest BCUT2D eigenvalue weighted by Crippen LogP contribution is 2.27. The van der Waals surface area contributed by atoms with Crippen LogP contribution in [0.1, 0.15) is 6.42 Å². The molecule has 1 saturated heterocycles. The van der Waals surface area contributed by atoms with Gasteiger partial charge in [0.25, 0.3) is 0 Å². The van der Waals surface area contributed by atoms with Crippen molar-refractivity contribution in [1.82, 2.24) is 0 Å². The van der Waals surface area contributed by atoms with Crippen molar-refractivity contribution in [3.8, 4) is 0 Å². The number of carbonyl (C=O) groups is 2. The van der Waals surface area contributed by atoms with Gasteiger partial charge >= 0.3 is 11.9 Å². The van der Waals surface area contributed by atoms with E-state index in [0.29, 0.717) is 0 Å². The average Bonchev–Trinajstić information content (AvgIpc) is 2.58. The first-order valence-corrected chi connectivity index (χ1v) is 6.59. The summed E-state index contributed by atoms with van der Waals surface area (Å²) >= 11 is 0. The van der Waals surface area contributed by atoms with Crippen LogP contribution in [0.15, 0.2) is 0 Å². The molecule has 0 aromatic carbocycles. The van der Waals surface area contributed by atoms with E-state index in [2.05, 4.69) is 9.47 Å². The van der Waals surface area contributed by atoms with E-state index < -0.39 is 33.6 Å². The lowest BCUT2D eigenvalue weighted by Gasteiger charge is -2.17. The van der Waals surface area contributed by atoms with Crippen molar-refractivity contribution in [1.29, 1.82) is 0 Å². The lowest BCUT2D eigenvalue weighted by atomic mass is 9.92. The van der Waals surface area contributed by atoms with Gasteiger partial charge in [-0.05, 0) is 12.3 Å². The maximum atomic E-state index is 11.4. The van der Waals surface area contributed by atoms with Crippen molar-refractivity contribution in [3.05, 3.63) is 0 Å². The van der Waals surface area contributed by atoms with Crippen molar-refractivity contribution in [2.45, 2.75) is 6.42 Å². The minimum atomic E-state index is -3.14. The van der Waals surface area contributed by atoms with Crippen molar-refractivity contribution in [2.75, 3.05) is 25.7 Å². The molecular formula is C9H14O6S. The molecule has 0 aliphatic carbocycles. The first-order valence-electron chi connectivity index (χ1n) is 4.77. The number of hydrogen-bond donors (Lipinski definition) is 0. The molecule has 0 amide bonds. The van der Waals surface area contributed by atoms with Gasteiger partial charge in [0, 0.05) is 0 Å². The van der Waals surface area contributed by atoms with E-state index in [4.69, 9.17) is 0 Å². The summed E-state index contributed by atoms with van der Waals surface area (Å²) in [5.74, 6) is -3.32. The zero-order valence-corrected chi connectivity index (χ0v) is 9.95. The van der Waals surface area contributed by atoms with Crippen LogP contribution in [0.2, 0.25) is 0 Å². The Morgan fingerprint density at radius 3 is 2.00 bits per heavy atom. The minimum Gasteiger partial charge on any atom is -0.468 e. The second kappa shape index (κ2) is 4.82. The minimum absolute atomic E-state index is 0.00214. The van der Waals surface area contributed by atoms with Crippen LogP contribution < -0.4 is 0 Å². The van der Waals surface area contributed by atoms with Gasteiger partial charge in [0.1, 0.15) is 0 Å². The molecule has 1 rings (SSSR count). The molecule has 0 N–H and O–H groups in total. The quantitative estimate of drug-likeness (QED) is 0.490. The molecule has 7 heteroatoms. The van der Waals surface area contributed by atoms with Gasteiger partial charge in [-0.15, -0.1) is 0 Å². The zero-order valence-electron chi connectivity index (χ0n) is 9.13. The molecule has 0 aromatic rings. The largest absolute Gasteiger partial charge is 0.468 e. The summed E-state index contributed by atoms with van der Waals surface area (Å²) in [6.07, 6.45) is 0.289. The maximum absolute atomic E-state index is 11.4. The van der Waals surface area contributed by atoms with Gasteiger partial charge in [0.05, 0.1) is 25.7 Å². The third-order valence-corrected chi connectivity index (χ3v) is 4.44. The Kier molecular flexibility index (Phi) is 3.90.